The fourth-order valence-corrected chi connectivity index (χ4v) is 3.16. The summed E-state index contributed by atoms with van der Waals surface area (Å²) in [4.78, 5) is 16.0. The predicted molar refractivity (Wildman–Crippen MR) is 105 cm³/mol. The predicted octanol–water partition coefficient (Wildman–Crippen LogP) is 4.14. The molecule has 2 heterocycles. The minimum absolute atomic E-state index is 0.201. The van der Waals surface area contributed by atoms with Crippen molar-refractivity contribution < 1.29 is 14.0 Å². The fraction of sp³-hybridized carbons (Fsp3) is 0.526. The normalized spacial score (nSPS) is 12.2. The second kappa shape index (κ2) is 8.14. The molecule has 0 aliphatic rings. The van der Waals surface area contributed by atoms with Crippen molar-refractivity contribution in [3.8, 4) is 11.3 Å². The quantitative estimate of drug-likeness (QED) is 0.537. The number of hydrogen-bond acceptors (Lipinski definition) is 5. The van der Waals surface area contributed by atoms with Crippen LogP contribution in [0.3, 0.4) is 0 Å². The lowest BCUT2D eigenvalue weighted by atomic mass is 10.2. The van der Waals surface area contributed by atoms with E-state index in [1.54, 1.807) is 25.3 Å². The molecular formula is C19H29N3O3Si. The highest BCUT2D eigenvalue weighted by Gasteiger charge is 2.36. The molecule has 0 saturated heterocycles. The first-order valence-electron chi connectivity index (χ1n) is 8.94. The van der Waals surface area contributed by atoms with Gasteiger partial charge in [-0.25, -0.2) is 4.79 Å². The van der Waals surface area contributed by atoms with Crippen LogP contribution in [0, 0.1) is 0 Å². The van der Waals surface area contributed by atoms with Gasteiger partial charge >= 0.3 is 5.97 Å². The smallest absolute Gasteiger partial charge is 0.339 e. The molecule has 0 radical (unpaired) electrons. The second-order valence-corrected chi connectivity index (χ2v) is 12.6. The number of aromatic nitrogens is 3. The average Bonchev–Trinajstić information content (AvgIpc) is 3.03. The van der Waals surface area contributed by atoms with Gasteiger partial charge in [0.15, 0.2) is 8.32 Å². The zero-order chi connectivity index (χ0) is 19.4. The molecule has 0 aromatic carbocycles. The van der Waals surface area contributed by atoms with Crippen LogP contribution in [-0.4, -0.2) is 42.3 Å². The van der Waals surface area contributed by atoms with E-state index in [0.29, 0.717) is 25.3 Å². The van der Waals surface area contributed by atoms with E-state index in [0.717, 1.165) is 11.3 Å². The molecule has 0 aliphatic carbocycles. The molecular weight excluding hydrogens is 346 g/mol. The van der Waals surface area contributed by atoms with Gasteiger partial charge in [0, 0.05) is 18.0 Å². The van der Waals surface area contributed by atoms with E-state index in [-0.39, 0.29) is 11.0 Å². The van der Waals surface area contributed by atoms with E-state index < -0.39 is 8.32 Å². The Labute approximate surface area is 156 Å². The second-order valence-electron chi connectivity index (χ2n) is 7.75. The van der Waals surface area contributed by atoms with Crippen LogP contribution in [0.25, 0.3) is 11.3 Å². The zero-order valence-corrected chi connectivity index (χ0v) is 17.6. The van der Waals surface area contributed by atoms with Gasteiger partial charge in [-0.05, 0) is 37.2 Å². The first-order valence-corrected chi connectivity index (χ1v) is 11.8. The number of rotatable bonds is 7. The lowest BCUT2D eigenvalue weighted by Crippen LogP contribution is -2.41. The van der Waals surface area contributed by atoms with Crippen LogP contribution in [0.1, 0.15) is 38.1 Å². The number of ether oxygens (including phenoxy) is 1. The maximum atomic E-state index is 11.7. The Kier molecular flexibility index (Phi) is 6.36. The van der Waals surface area contributed by atoms with Gasteiger partial charge in [0.2, 0.25) is 0 Å². The Morgan fingerprint density at radius 1 is 1.23 bits per heavy atom. The lowest BCUT2D eigenvalue weighted by molar-refractivity contribution is 0.0526. The van der Waals surface area contributed by atoms with E-state index >= 15 is 0 Å². The third-order valence-corrected chi connectivity index (χ3v) is 9.33. The molecule has 142 valence electrons. The molecule has 0 unspecified atom stereocenters. The van der Waals surface area contributed by atoms with Crippen LogP contribution in [0.4, 0.5) is 0 Å². The molecule has 7 heteroatoms. The van der Waals surface area contributed by atoms with Gasteiger partial charge in [0.05, 0.1) is 37.2 Å². The van der Waals surface area contributed by atoms with E-state index in [2.05, 4.69) is 43.9 Å². The molecule has 0 fully saturated rings. The van der Waals surface area contributed by atoms with Gasteiger partial charge in [0.1, 0.15) is 0 Å². The Morgan fingerprint density at radius 2 is 1.96 bits per heavy atom. The Bertz CT molecular complexity index is 733. The van der Waals surface area contributed by atoms with Crippen LogP contribution in [-0.2, 0) is 15.7 Å². The number of esters is 1. The Morgan fingerprint density at radius 3 is 2.54 bits per heavy atom. The summed E-state index contributed by atoms with van der Waals surface area (Å²) in [6.45, 7) is 14.7. The van der Waals surface area contributed by atoms with Crippen LogP contribution in [0.2, 0.25) is 18.1 Å². The van der Waals surface area contributed by atoms with Crippen molar-refractivity contribution in [3.05, 3.63) is 36.3 Å². The largest absolute Gasteiger partial charge is 0.462 e. The minimum atomic E-state index is -1.74. The van der Waals surface area contributed by atoms with Gasteiger partial charge in [-0.3, -0.25) is 9.67 Å². The van der Waals surface area contributed by atoms with Crippen molar-refractivity contribution >= 4 is 14.3 Å². The molecule has 6 nitrogen and oxygen atoms in total. The molecule has 26 heavy (non-hydrogen) atoms. The fourth-order valence-electron chi connectivity index (χ4n) is 2.13. The van der Waals surface area contributed by atoms with Crippen molar-refractivity contribution in [2.24, 2.45) is 0 Å². The molecule has 2 aromatic rings. The molecule has 0 aliphatic heterocycles. The van der Waals surface area contributed by atoms with Gasteiger partial charge in [-0.15, -0.1) is 0 Å². The summed E-state index contributed by atoms with van der Waals surface area (Å²) < 4.78 is 13.0. The molecule has 0 saturated carbocycles. The van der Waals surface area contributed by atoms with Crippen molar-refractivity contribution in [1.29, 1.82) is 0 Å². The Balaban J connectivity index is 1.96. The standard InChI is InChI=1S/C19H29N3O3Si/c1-7-24-18(23)15-8-9-17(20-12-15)16-13-21-22(14-16)10-11-25-26(5,6)19(2,3)4/h8-9,12-14H,7,10-11H2,1-6H3. The molecule has 0 amide bonds. The summed E-state index contributed by atoms with van der Waals surface area (Å²) in [7, 11) is -1.74. The van der Waals surface area contributed by atoms with E-state index in [4.69, 9.17) is 9.16 Å². The maximum Gasteiger partial charge on any atom is 0.339 e. The maximum absolute atomic E-state index is 11.7. The van der Waals surface area contributed by atoms with Crippen LogP contribution in [0.5, 0.6) is 0 Å². The Hall–Kier alpha value is -1.99. The van der Waals surface area contributed by atoms with Crippen LogP contribution >= 0.6 is 0 Å². The zero-order valence-electron chi connectivity index (χ0n) is 16.6. The van der Waals surface area contributed by atoms with Gasteiger partial charge in [-0.1, -0.05) is 20.8 Å². The molecule has 2 rings (SSSR count). The molecule has 0 bridgehead atoms. The van der Waals surface area contributed by atoms with Gasteiger partial charge < -0.3 is 9.16 Å². The molecule has 0 atom stereocenters. The first kappa shape index (κ1) is 20.3. The topological polar surface area (TPSA) is 66.2 Å². The van der Waals surface area contributed by atoms with Crippen molar-refractivity contribution in [2.75, 3.05) is 13.2 Å². The van der Waals surface area contributed by atoms with Crippen LogP contribution < -0.4 is 0 Å². The summed E-state index contributed by atoms with van der Waals surface area (Å²) in [6.07, 6.45) is 5.26. The van der Waals surface area contributed by atoms with Crippen molar-refractivity contribution in [1.82, 2.24) is 14.8 Å². The van der Waals surface area contributed by atoms with Crippen molar-refractivity contribution in [3.63, 3.8) is 0 Å². The minimum Gasteiger partial charge on any atom is -0.462 e. The van der Waals surface area contributed by atoms with E-state index in [1.807, 2.05) is 10.9 Å². The number of carbonyl (C=O) groups excluding carboxylic acids is 1. The summed E-state index contributed by atoms with van der Waals surface area (Å²) in [5.74, 6) is -0.356. The van der Waals surface area contributed by atoms with Gasteiger partial charge in [0.25, 0.3) is 0 Å². The number of pyridine rings is 1. The third-order valence-electron chi connectivity index (χ3n) is 4.79. The summed E-state index contributed by atoms with van der Waals surface area (Å²) in [5, 5.41) is 4.58. The third kappa shape index (κ3) is 5.01. The average molecular weight is 376 g/mol. The number of carbonyl (C=O) groups is 1. The van der Waals surface area contributed by atoms with Gasteiger partial charge in [-0.2, -0.15) is 5.10 Å². The van der Waals surface area contributed by atoms with Crippen molar-refractivity contribution in [2.45, 2.75) is 52.4 Å². The first-order chi connectivity index (χ1) is 12.1. The molecule has 0 N–H and O–H groups in total. The number of hydrogen-bond donors (Lipinski definition) is 0. The molecule has 2 aromatic heterocycles. The summed E-state index contributed by atoms with van der Waals surface area (Å²) in [6, 6.07) is 3.53. The highest BCUT2D eigenvalue weighted by molar-refractivity contribution is 6.74. The number of nitrogens with zero attached hydrogens (tertiary/aromatic N) is 3. The van der Waals surface area contributed by atoms with Crippen LogP contribution in [0.15, 0.2) is 30.7 Å². The lowest BCUT2D eigenvalue weighted by Gasteiger charge is -2.36. The van der Waals surface area contributed by atoms with E-state index in [9.17, 15) is 4.79 Å². The summed E-state index contributed by atoms with van der Waals surface area (Å²) >= 11 is 0. The monoisotopic (exact) mass is 375 g/mol. The highest BCUT2D eigenvalue weighted by Crippen LogP contribution is 2.36. The SMILES string of the molecule is CCOC(=O)c1ccc(-c2cnn(CCO[Si](C)(C)C(C)(C)C)c2)nc1. The molecule has 0 spiro atoms. The van der Waals surface area contributed by atoms with E-state index in [1.165, 1.54) is 6.20 Å². The highest BCUT2D eigenvalue weighted by atomic mass is 28.4. The summed E-state index contributed by atoms with van der Waals surface area (Å²) in [5.41, 5.74) is 2.13.